The van der Waals surface area contributed by atoms with Crippen LogP contribution in [0.4, 0.5) is 0 Å². The van der Waals surface area contributed by atoms with Gasteiger partial charge in [0.25, 0.3) is 0 Å². The Labute approximate surface area is 85.9 Å². The highest BCUT2D eigenvalue weighted by Gasteiger charge is 2.33. The van der Waals surface area contributed by atoms with Gasteiger partial charge in [0.05, 0.1) is 0 Å². The Kier molecular flexibility index (Phi) is 4.60. The van der Waals surface area contributed by atoms with E-state index < -0.39 is 5.54 Å². The molecule has 82 valence electrons. The summed E-state index contributed by atoms with van der Waals surface area (Å²) in [4.78, 5) is 25.5. The van der Waals surface area contributed by atoms with E-state index in [1.165, 1.54) is 4.90 Å². The van der Waals surface area contributed by atoms with Crippen LogP contribution < -0.4 is 0 Å². The number of hydrogen-bond donors (Lipinski definition) is 0. The van der Waals surface area contributed by atoms with E-state index in [1.54, 1.807) is 32.8 Å². The summed E-state index contributed by atoms with van der Waals surface area (Å²) in [5.74, 6) is -0.0334. The smallest absolute Gasteiger partial charge is 0.247 e. The van der Waals surface area contributed by atoms with E-state index in [0.29, 0.717) is 6.41 Å². The second-order valence-corrected chi connectivity index (χ2v) is 4.00. The molecule has 4 heteroatoms. The maximum Gasteiger partial charge on any atom is 0.247 e. The summed E-state index contributed by atoms with van der Waals surface area (Å²) < 4.78 is 0. The lowest BCUT2D eigenvalue weighted by Crippen LogP contribution is -2.53. The maximum absolute atomic E-state index is 11.9. The van der Waals surface area contributed by atoms with Gasteiger partial charge in [-0.2, -0.15) is 0 Å². The van der Waals surface area contributed by atoms with Crippen molar-refractivity contribution >= 4 is 12.3 Å². The molecule has 2 amide bonds. The molecule has 0 aliphatic heterocycles. The van der Waals surface area contributed by atoms with Gasteiger partial charge in [0.2, 0.25) is 12.3 Å². The van der Waals surface area contributed by atoms with Crippen LogP contribution in [0.15, 0.2) is 0 Å². The van der Waals surface area contributed by atoms with Crippen molar-refractivity contribution in [2.24, 2.45) is 0 Å². The Morgan fingerprint density at radius 3 is 2.21 bits per heavy atom. The number of hydrogen-bond acceptors (Lipinski definition) is 2. The van der Waals surface area contributed by atoms with Crippen LogP contribution in [0.25, 0.3) is 0 Å². The largest absolute Gasteiger partial charge is 0.344 e. The number of carbonyl (C=O) groups excluding carboxylic acids is 2. The molecule has 0 aromatic rings. The summed E-state index contributed by atoms with van der Waals surface area (Å²) in [6.07, 6.45) is 1.60. The Bertz CT molecular complexity index is 214. The SMILES string of the molecule is CCCN(C)C(=O)C(C)(C)N(C)C=O. The molecule has 4 nitrogen and oxygen atoms in total. The van der Waals surface area contributed by atoms with Gasteiger partial charge in [-0.1, -0.05) is 6.92 Å². The minimum absolute atomic E-state index is 0.0334. The van der Waals surface area contributed by atoms with Gasteiger partial charge in [-0.25, -0.2) is 0 Å². The van der Waals surface area contributed by atoms with Crippen LogP contribution in [0.1, 0.15) is 27.2 Å². The molecular formula is C10H20N2O2. The quantitative estimate of drug-likeness (QED) is 0.614. The molecule has 0 saturated carbocycles. The van der Waals surface area contributed by atoms with Crippen molar-refractivity contribution in [3.63, 3.8) is 0 Å². The molecule has 0 aromatic carbocycles. The lowest BCUT2D eigenvalue weighted by molar-refractivity contribution is -0.144. The molecule has 0 unspecified atom stereocenters. The summed E-state index contributed by atoms with van der Waals surface area (Å²) >= 11 is 0. The van der Waals surface area contributed by atoms with Crippen LogP contribution >= 0.6 is 0 Å². The predicted octanol–water partition coefficient (Wildman–Crippen LogP) is 0.722. The molecule has 0 fully saturated rings. The molecule has 0 aromatic heterocycles. The number of amides is 2. The van der Waals surface area contributed by atoms with E-state index in [0.717, 1.165) is 13.0 Å². The summed E-state index contributed by atoms with van der Waals surface area (Å²) in [5.41, 5.74) is -0.758. The Morgan fingerprint density at radius 2 is 1.86 bits per heavy atom. The molecule has 0 heterocycles. The monoisotopic (exact) mass is 200 g/mol. The zero-order valence-electron chi connectivity index (χ0n) is 9.70. The van der Waals surface area contributed by atoms with Crippen molar-refractivity contribution in [1.29, 1.82) is 0 Å². The molecule has 0 radical (unpaired) electrons. The highest BCUT2D eigenvalue weighted by atomic mass is 16.2. The molecule has 0 aliphatic carbocycles. The fourth-order valence-electron chi connectivity index (χ4n) is 1.19. The van der Waals surface area contributed by atoms with Crippen LogP contribution in [0, 0.1) is 0 Å². The van der Waals surface area contributed by atoms with Gasteiger partial charge in [-0.15, -0.1) is 0 Å². The number of nitrogens with zero attached hydrogens (tertiary/aromatic N) is 2. The molecule has 0 aliphatic rings. The average molecular weight is 200 g/mol. The van der Waals surface area contributed by atoms with Gasteiger partial charge in [-0.3, -0.25) is 9.59 Å². The highest BCUT2D eigenvalue weighted by molar-refractivity contribution is 5.87. The van der Waals surface area contributed by atoms with Gasteiger partial charge in [0.1, 0.15) is 5.54 Å². The first-order chi connectivity index (χ1) is 6.37. The second kappa shape index (κ2) is 4.98. The summed E-state index contributed by atoms with van der Waals surface area (Å²) in [7, 11) is 3.37. The summed E-state index contributed by atoms with van der Waals surface area (Å²) in [6.45, 7) is 6.22. The predicted molar refractivity (Wildman–Crippen MR) is 55.8 cm³/mol. The zero-order valence-corrected chi connectivity index (χ0v) is 9.70. The van der Waals surface area contributed by atoms with Gasteiger partial charge < -0.3 is 9.80 Å². The Balaban J connectivity index is 4.56. The molecule has 0 saturated heterocycles. The Morgan fingerprint density at radius 1 is 1.36 bits per heavy atom. The molecule has 0 rings (SSSR count). The van der Waals surface area contributed by atoms with Crippen molar-refractivity contribution in [3.8, 4) is 0 Å². The molecule has 0 bridgehead atoms. The lowest BCUT2D eigenvalue weighted by Gasteiger charge is -2.34. The molecule has 14 heavy (non-hydrogen) atoms. The van der Waals surface area contributed by atoms with Crippen molar-refractivity contribution in [3.05, 3.63) is 0 Å². The number of rotatable bonds is 5. The van der Waals surface area contributed by atoms with E-state index in [1.807, 2.05) is 6.92 Å². The first-order valence-corrected chi connectivity index (χ1v) is 4.81. The second-order valence-electron chi connectivity index (χ2n) is 4.00. The maximum atomic E-state index is 11.9. The minimum Gasteiger partial charge on any atom is -0.344 e. The van der Waals surface area contributed by atoms with Crippen LogP contribution in [0.5, 0.6) is 0 Å². The van der Waals surface area contributed by atoms with Crippen molar-refractivity contribution in [2.45, 2.75) is 32.7 Å². The van der Waals surface area contributed by atoms with Crippen LogP contribution in [-0.4, -0.2) is 48.3 Å². The molecular weight excluding hydrogens is 180 g/mol. The van der Waals surface area contributed by atoms with Gasteiger partial charge in [0.15, 0.2) is 0 Å². The fraction of sp³-hybridized carbons (Fsp3) is 0.800. The van der Waals surface area contributed by atoms with Crippen LogP contribution in [0.2, 0.25) is 0 Å². The standard InChI is InChI=1S/C10H20N2O2/c1-6-7-11(4)9(14)10(2,3)12(5)8-13/h8H,6-7H2,1-5H3. The van der Waals surface area contributed by atoms with E-state index in [2.05, 4.69) is 0 Å². The zero-order chi connectivity index (χ0) is 11.4. The number of carbonyl (C=O) groups is 2. The molecule has 0 N–H and O–H groups in total. The first-order valence-electron chi connectivity index (χ1n) is 4.81. The van der Waals surface area contributed by atoms with Crippen LogP contribution in [0.3, 0.4) is 0 Å². The first kappa shape index (κ1) is 12.9. The third kappa shape index (κ3) is 2.72. The van der Waals surface area contributed by atoms with Gasteiger partial charge >= 0.3 is 0 Å². The number of likely N-dealkylation sites (N-methyl/N-ethyl adjacent to an activating group) is 2. The summed E-state index contributed by atoms with van der Waals surface area (Å²) in [5, 5.41) is 0. The normalized spacial score (nSPS) is 10.9. The third-order valence-electron chi connectivity index (χ3n) is 2.47. The Hall–Kier alpha value is -1.06. The van der Waals surface area contributed by atoms with E-state index >= 15 is 0 Å². The minimum atomic E-state index is -0.758. The lowest BCUT2D eigenvalue weighted by atomic mass is 10.0. The van der Waals surface area contributed by atoms with Crippen LogP contribution in [-0.2, 0) is 9.59 Å². The van der Waals surface area contributed by atoms with Crippen molar-refractivity contribution in [1.82, 2.24) is 9.80 Å². The van der Waals surface area contributed by atoms with E-state index in [-0.39, 0.29) is 5.91 Å². The third-order valence-corrected chi connectivity index (χ3v) is 2.47. The van der Waals surface area contributed by atoms with Gasteiger partial charge in [-0.05, 0) is 20.3 Å². The summed E-state index contributed by atoms with van der Waals surface area (Å²) in [6, 6.07) is 0. The van der Waals surface area contributed by atoms with Crippen molar-refractivity contribution < 1.29 is 9.59 Å². The average Bonchev–Trinajstić information content (AvgIpc) is 2.15. The topological polar surface area (TPSA) is 40.6 Å². The van der Waals surface area contributed by atoms with Gasteiger partial charge in [0, 0.05) is 20.6 Å². The van der Waals surface area contributed by atoms with E-state index in [9.17, 15) is 9.59 Å². The van der Waals surface area contributed by atoms with Crippen molar-refractivity contribution in [2.75, 3.05) is 20.6 Å². The molecule has 0 spiro atoms. The molecule has 0 atom stereocenters. The fourth-order valence-corrected chi connectivity index (χ4v) is 1.19. The van der Waals surface area contributed by atoms with E-state index in [4.69, 9.17) is 0 Å². The highest BCUT2D eigenvalue weighted by Crippen LogP contribution is 2.13.